The number of hydrogen-bond donors (Lipinski definition) is 0. The minimum absolute atomic E-state index is 0.0396. The maximum atomic E-state index is 12.9. The van der Waals surface area contributed by atoms with Gasteiger partial charge in [-0.3, -0.25) is 29.9 Å². The summed E-state index contributed by atoms with van der Waals surface area (Å²) in [5, 5.41) is 27.6. The standard InChI is InChI=1S/C23H19N5O5/c29-22-16-25(15-18-4-2-1-3-5-18)23(19-8-12-21(13-9-19)28(32)33)26(22)24-14-17-6-10-20(11-7-17)27(30)31/h1-14,23H,15-16H2/b24-14-/t23-/m0/s1. The van der Waals surface area contributed by atoms with Crippen LogP contribution in [-0.2, 0) is 11.3 Å². The average molecular weight is 445 g/mol. The lowest BCUT2D eigenvalue weighted by atomic mass is 10.1. The van der Waals surface area contributed by atoms with Crippen LogP contribution in [0.1, 0.15) is 22.9 Å². The van der Waals surface area contributed by atoms with Gasteiger partial charge in [-0.1, -0.05) is 30.3 Å². The van der Waals surface area contributed by atoms with E-state index in [0.29, 0.717) is 17.7 Å². The Labute approximate surface area is 188 Å². The van der Waals surface area contributed by atoms with Crippen molar-refractivity contribution in [2.24, 2.45) is 5.10 Å². The van der Waals surface area contributed by atoms with E-state index in [1.807, 2.05) is 35.2 Å². The Morgan fingerprint density at radius 3 is 2.03 bits per heavy atom. The highest BCUT2D eigenvalue weighted by molar-refractivity contribution is 5.85. The molecule has 3 aromatic carbocycles. The molecule has 0 unspecified atom stereocenters. The molecule has 0 bridgehead atoms. The summed E-state index contributed by atoms with van der Waals surface area (Å²) in [6.07, 6.45) is 0.902. The molecule has 1 heterocycles. The second-order valence-electron chi connectivity index (χ2n) is 7.44. The van der Waals surface area contributed by atoms with E-state index in [0.717, 1.165) is 5.56 Å². The number of hydrazone groups is 1. The van der Waals surface area contributed by atoms with E-state index in [1.54, 1.807) is 24.3 Å². The van der Waals surface area contributed by atoms with Gasteiger partial charge in [-0.15, -0.1) is 0 Å². The van der Waals surface area contributed by atoms with Gasteiger partial charge in [0.25, 0.3) is 17.3 Å². The molecular formula is C23H19N5O5. The zero-order valence-corrected chi connectivity index (χ0v) is 17.4. The quantitative estimate of drug-likeness (QED) is 0.309. The summed E-state index contributed by atoms with van der Waals surface area (Å²) in [7, 11) is 0. The van der Waals surface area contributed by atoms with Crippen molar-refractivity contribution in [1.29, 1.82) is 0 Å². The molecule has 1 amide bonds. The Bertz CT molecular complexity index is 1200. The molecule has 3 aromatic rings. The zero-order chi connectivity index (χ0) is 23.4. The monoisotopic (exact) mass is 445 g/mol. The molecular weight excluding hydrogens is 426 g/mol. The molecule has 1 atom stereocenters. The molecule has 0 N–H and O–H groups in total. The average Bonchev–Trinajstić information content (AvgIpc) is 3.13. The van der Waals surface area contributed by atoms with Crippen molar-refractivity contribution in [2.75, 3.05) is 6.54 Å². The van der Waals surface area contributed by atoms with Gasteiger partial charge in [-0.25, -0.2) is 5.01 Å². The van der Waals surface area contributed by atoms with Crippen LogP contribution in [0.5, 0.6) is 0 Å². The molecule has 10 heteroatoms. The molecule has 0 saturated carbocycles. The third kappa shape index (κ3) is 4.91. The fourth-order valence-electron chi connectivity index (χ4n) is 3.64. The molecule has 1 aliphatic rings. The Morgan fingerprint density at radius 2 is 1.45 bits per heavy atom. The second-order valence-corrected chi connectivity index (χ2v) is 7.44. The third-order valence-electron chi connectivity index (χ3n) is 5.24. The van der Waals surface area contributed by atoms with E-state index in [9.17, 15) is 25.0 Å². The van der Waals surface area contributed by atoms with Gasteiger partial charge in [0.05, 0.1) is 22.6 Å². The van der Waals surface area contributed by atoms with Crippen molar-refractivity contribution in [3.05, 3.63) is 116 Å². The van der Waals surface area contributed by atoms with Crippen molar-refractivity contribution < 1.29 is 14.6 Å². The molecule has 4 rings (SSSR count). The predicted molar refractivity (Wildman–Crippen MR) is 120 cm³/mol. The minimum atomic E-state index is -0.562. The number of hydrogen-bond acceptors (Lipinski definition) is 7. The van der Waals surface area contributed by atoms with Crippen LogP contribution < -0.4 is 0 Å². The summed E-state index contributed by atoms with van der Waals surface area (Å²) in [6.45, 7) is 0.603. The van der Waals surface area contributed by atoms with Crippen LogP contribution in [0.4, 0.5) is 11.4 Å². The molecule has 1 aliphatic heterocycles. The van der Waals surface area contributed by atoms with Gasteiger partial charge in [0.15, 0.2) is 0 Å². The first-order valence-corrected chi connectivity index (χ1v) is 10.1. The number of nitrogens with zero attached hydrogens (tertiary/aromatic N) is 5. The van der Waals surface area contributed by atoms with E-state index < -0.39 is 16.0 Å². The molecule has 0 radical (unpaired) electrons. The Kier molecular flexibility index (Phi) is 6.18. The molecule has 0 aliphatic carbocycles. The number of non-ortho nitro benzene ring substituents is 2. The number of amides is 1. The van der Waals surface area contributed by atoms with E-state index in [2.05, 4.69) is 5.10 Å². The molecule has 166 valence electrons. The summed E-state index contributed by atoms with van der Waals surface area (Å²) >= 11 is 0. The lowest BCUT2D eigenvalue weighted by Gasteiger charge is -2.27. The summed E-state index contributed by atoms with van der Waals surface area (Å²) in [5.41, 5.74) is 2.21. The van der Waals surface area contributed by atoms with E-state index in [1.165, 1.54) is 35.5 Å². The molecule has 33 heavy (non-hydrogen) atoms. The molecule has 0 spiro atoms. The van der Waals surface area contributed by atoms with Crippen LogP contribution in [0.25, 0.3) is 0 Å². The molecule has 10 nitrogen and oxygen atoms in total. The Morgan fingerprint density at radius 1 is 0.879 bits per heavy atom. The van der Waals surface area contributed by atoms with Gasteiger partial charge in [-0.05, 0) is 41.0 Å². The lowest BCUT2D eigenvalue weighted by molar-refractivity contribution is -0.385. The number of rotatable bonds is 7. The van der Waals surface area contributed by atoms with Crippen molar-refractivity contribution in [2.45, 2.75) is 12.7 Å². The predicted octanol–water partition coefficient (Wildman–Crippen LogP) is 3.88. The maximum absolute atomic E-state index is 12.9. The van der Waals surface area contributed by atoms with Crippen molar-refractivity contribution >= 4 is 23.5 Å². The normalized spacial score (nSPS) is 16.4. The topological polar surface area (TPSA) is 122 Å². The van der Waals surface area contributed by atoms with Crippen LogP contribution >= 0.6 is 0 Å². The van der Waals surface area contributed by atoms with Gasteiger partial charge < -0.3 is 0 Å². The van der Waals surface area contributed by atoms with Crippen LogP contribution in [0.3, 0.4) is 0 Å². The van der Waals surface area contributed by atoms with E-state index in [4.69, 9.17) is 0 Å². The van der Waals surface area contributed by atoms with Crippen molar-refractivity contribution in [1.82, 2.24) is 9.91 Å². The zero-order valence-electron chi connectivity index (χ0n) is 17.4. The van der Waals surface area contributed by atoms with Crippen LogP contribution in [0.2, 0.25) is 0 Å². The molecule has 1 fully saturated rings. The van der Waals surface area contributed by atoms with Crippen LogP contribution in [0.15, 0.2) is 84.0 Å². The Hall–Kier alpha value is -4.44. The van der Waals surface area contributed by atoms with Crippen molar-refractivity contribution in [3.8, 4) is 0 Å². The minimum Gasteiger partial charge on any atom is -0.271 e. The first-order chi connectivity index (χ1) is 15.9. The van der Waals surface area contributed by atoms with E-state index in [-0.39, 0.29) is 23.8 Å². The second kappa shape index (κ2) is 9.37. The number of carbonyl (C=O) groups is 1. The first-order valence-electron chi connectivity index (χ1n) is 10.1. The van der Waals surface area contributed by atoms with Crippen LogP contribution in [0, 0.1) is 20.2 Å². The Balaban J connectivity index is 1.64. The highest BCUT2D eigenvalue weighted by Gasteiger charge is 2.39. The SMILES string of the molecule is O=C1CN(Cc2ccccc2)[C@H](c2ccc([N+](=O)[O-])cc2)N1/N=C\c1ccc([N+](=O)[O-])cc1. The largest absolute Gasteiger partial charge is 0.271 e. The summed E-state index contributed by atoms with van der Waals surface area (Å²) in [4.78, 5) is 35.7. The van der Waals surface area contributed by atoms with E-state index >= 15 is 0 Å². The van der Waals surface area contributed by atoms with Gasteiger partial charge in [-0.2, -0.15) is 5.10 Å². The lowest BCUT2D eigenvalue weighted by Crippen LogP contribution is -2.28. The van der Waals surface area contributed by atoms with Gasteiger partial charge in [0.2, 0.25) is 0 Å². The summed E-state index contributed by atoms with van der Waals surface area (Å²) in [6, 6.07) is 21.5. The van der Waals surface area contributed by atoms with Crippen LogP contribution in [-0.4, -0.2) is 38.4 Å². The van der Waals surface area contributed by atoms with Crippen molar-refractivity contribution in [3.63, 3.8) is 0 Å². The van der Waals surface area contributed by atoms with Gasteiger partial charge in [0, 0.05) is 30.8 Å². The number of carbonyl (C=O) groups excluding carboxylic acids is 1. The third-order valence-corrected chi connectivity index (χ3v) is 5.24. The van der Waals surface area contributed by atoms with Gasteiger partial charge >= 0.3 is 0 Å². The molecule has 1 saturated heterocycles. The summed E-state index contributed by atoms with van der Waals surface area (Å²) in [5.74, 6) is -0.229. The highest BCUT2D eigenvalue weighted by atomic mass is 16.6. The fraction of sp³-hybridized carbons (Fsp3) is 0.130. The van der Waals surface area contributed by atoms with Gasteiger partial charge in [0.1, 0.15) is 6.17 Å². The summed E-state index contributed by atoms with van der Waals surface area (Å²) < 4.78 is 0. The number of nitro groups is 2. The smallest absolute Gasteiger partial charge is 0.269 e. The number of nitro benzene ring substituents is 2. The molecule has 0 aromatic heterocycles. The maximum Gasteiger partial charge on any atom is 0.269 e. The first kappa shape index (κ1) is 21.8. The fourth-order valence-corrected chi connectivity index (χ4v) is 3.64. The highest BCUT2D eigenvalue weighted by Crippen LogP contribution is 2.33. The number of benzene rings is 3.